The minimum atomic E-state index is 0.171. The molecule has 0 aliphatic heterocycles. The smallest absolute Gasteiger partial charge is 0.145 e. The molecule has 6 heteroatoms. The molecule has 0 spiro atoms. The topological polar surface area (TPSA) is 75.9 Å². The molecule has 0 atom stereocenters. The molecule has 2 N–H and O–H groups in total. The molecule has 3 aromatic heterocycles. The Morgan fingerprint density at radius 2 is 2.14 bits per heavy atom. The Hall–Kier alpha value is -2.47. The van der Waals surface area contributed by atoms with Gasteiger partial charge in [0.15, 0.2) is 0 Å². The third-order valence-electron chi connectivity index (χ3n) is 3.87. The van der Waals surface area contributed by atoms with Gasteiger partial charge in [-0.1, -0.05) is 0 Å². The number of aryl methyl sites for hydroxylation is 2. The molecule has 3 rings (SSSR count). The summed E-state index contributed by atoms with van der Waals surface area (Å²) in [5.41, 5.74) is 4.09. The van der Waals surface area contributed by atoms with Crippen molar-refractivity contribution in [2.24, 2.45) is 0 Å². The van der Waals surface area contributed by atoms with Crippen LogP contribution < -0.4 is 5.32 Å². The van der Waals surface area contributed by atoms with E-state index in [1.54, 1.807) is 18.7 Å². The third kappa shape index (κ3) is 2.53. The predicted molar refractivity (Wildman–Crippen MR) is 86.2 cm³/mol. The second kappa shape index (κ2) is 6.11. The van der Waals surface area contributed by atoms with Crippen LogP contribution in [-0.2, 0) is 6.54 Å². The standard InChI is InChI=1S/C16H19N5O/c1-11-12(2)21(7-4-8-22)16-14(11)15(18-10-19-16)20-13-5-3-6-17-9-13/h3,5-6,9-10,22H,4,7-8H2,1-2H3,(H,18,19,20). The molecule has 3 heterocycles. The van der Waals surface area contributed by atoms with Gasteiger partial charge in [0.1, 0.15) is 17.8 Å². The zero-order valence-corrected chi connectivity index (χ0v) is 12.7. The Bertz CT molecular complexity index is 782. The second-order valence-electron chi connectivity index (χ2n) is 5.23. The number of rotatable bonds is 5. The summed E-state index contributed by atoms with van der Waals surface area (Å²) in [6.45, 7) is 5.06. The van der Waals surface area contributed by atoms with E-state index in [2.05, 4.69) is 38.7 Å². The molecular weight excluding hydrogens is 278 g/mol. The fourth-order valence-corrected chi connectivity index (χ4v) is 2.64. The molecule has 0 bridgehead atoms. The molecule has 0 radical (unpaired) electrons. The maximum absolute atomic E-state index is 9.08. The normalized spacial score (nSPS) is 11.0. The van der Waals surface area contributed by atoms with E-state index in [-0.39, 0.29) is 6.61 Å². The molecule has 3 aromatic rings. The molecule has 0 saturated carbocycles. The summed E-state index contributed by atoms with van der Waals surface area (Å²) in [7, 11) is 0. The number of nitrogens with one attached hydrogen (secondary N) is 1. The summed E-state index contributed by atoms with van der Waals surface area (Å²) in [6.07, 6.45) is 5.77. The molecule has 0 amide bonds. The summed E-state index contributed by atoms with van der Waals surface area (Å²) in [6, 6.07) is 3.83. The van der Waals surface area contributed by atoms with E-state index >= 15 is 0 Å². The molecule has 114 valence electrons. The van der Waals surface area contributed by atoms with Crippen LogP contribution in [0.1, 0.15) is 17.7 Å². The molecule has 0 aromatic carbocycles. The summed E-state index contributed by atoms with van der Waals surface area (Å²) < 4.78 is 2.14. The van der Waals surface area contributed by atoms with E-state index in [1.165, 1.54) is 0 Å². The fourth-order valence-electron chi connectivity index (χ4n) is 2.64. The molecular formula is C16H19N5O. The summed E-state index contributed by atoms with van der Waals surface area (Å²) in [5, 5.41) is 13.4. The maximum atomic E-state index is 9.08. The fraction of sp³-hybridized carbons (Fsp3) is 0.312. The first-order chi connectivity index (χ1) is 10.7. The van der Waals surface area contributed by atoms with E-state index in [9.17, 15) is 0 Å². The van der Waals surface area contributed by atoms with Crippen molar-refractivity contribution in [3.63, 3.8) is 0 Å². The number of hydrogen-bond donors (Lipinski definition) is 2. The second-order valence-corrected chi connectivity index (χ2v) is 5.23. The number of fused-ring (bicyclic) bond motifs is 1. The highest BCUT2D eigenvalue weighted by Gasteiger charge is 2.16. The zero-order chi connectivity index (χ0) is 15.5. The van der Waals surface area contributed by atoms with Crippen LogP contribution in [-0.4, -0.2) is 31.2 Å². The van der Waals surface area contributed by atoms with Crippen molar-refractivity contribution in [3.05, 3.63) is 42.1 Å². The molecule has 0 fully saturated rings. The van der Waals surface area contributed by atoms with Crippen molar-refractivity contribution in [1.29, 1.82) is 0 Å². The number of anilines is 2. The monoisotopic (exact) mass is 297 g/mol. The average molecular weight is 297 g/mol. The number of nitrogens with zero attached hydrogens (tertiary/aromatic N) is 4. The molecule has 0 saturated heterocycles. The van der Waals surface area contributed by atoms with Crippen molar-refractivity contribution >= 4 is 22.5 Å². The minimum absolute atomic E-state index is 0.171. The Morgan fingerprint density at radius 1 is 1.27 bits per heavy atom. The van der Waals surface area contributed by atoms with Crippen LogP contribution in [0.15, 0.2) is 30.9 Å². The van der Waals surface area contributed by atoms with Crippen LogP contribution in [0, 0.1) is 13.8 Å². The van der Waals surface area contributed by atoms with Gasteiger partial charge in [0.2, 0.25) is 0 Å². The van der Waals surface area contributed by atoms with Crippen LogP contribution in [0.5, 0.6) is 0 Å². The molecule has 0 unspecified atom stereocenters. The van der Waals surface area contributed by atoms with E-state index in [4.69, 9.17) is 5.11 Å². The SMILES string of the molecule is Cc1c(C)n(CCCO)c2ncnc(Nc3cccnc3)c12. The van der Waals surface area contributed by atoms with Gasteiger partial charge >= 0.3 is 0 Å². The Balaban J connectivity index is 2.08. The number of aromatic nitrogens is 4. The first kappa shape index (κ1) is 14.5. The van der Waals surface area contributed by atoms with Crippen LogP contribution in [0.3, 0.4) is 0 Å². The number of aliphatic hydroxyl groups excluding tert-OH is 1. The van der Waals surface area contributed by atoms with Crippen LogP contribution in [0.2, 0.25) is 0 Å². The van der Waals surface area contributed by atoms with Crippen LogP contribution in [0.4, 0.5) is 11.5 Å². The largest absolute Gasteiger partial charge is 0.396 e. The molecule has 0 aliphatic rings. The van der Waals surface area contributed by atoms with Crippen molar-refractivity contribution in [2.75, 3.05) is 11.9 Å². The quantitative estimate of drug-likeness (QED) is 0.757. The summed E-state index contributed by atoms with van der Waals surface area (Å²) in [5.74, 6) is 0.779. The number of hydrogen-bond acceptors (Lipinski definition) is 5. The highest BCUT2D eigenvalue weighted by atomic mass is 16.3. The summed E-state index contributed by atoms with van der Waals surface area (Å²) in [4.78, 5) is 12.9. The van der Waals surface area contributed by atoms with Gasteiger partial charge in [-0.3, -0.25) is 4.98 Å². The van der Waals surface area contributed by atoms with Crippen molar-refractivity contribution < 1.29 is 5.11 Å². The van der Waals surface area contributed by atoms with Crippen molar-refractivity contribution in [3.8, 4) is 0 Å². The number of pyridine rings is 1. The minimum Gasteiger partial charge on any atom is -0.396 e. The van der Waals surface area contributed by atoms with Gasteiger partial charge in [-0.2, -0.15) is 0 Å². The van der Waals surface area contributed by atoms with E-state index < -0.39 is 0 Å². The van der Waals surface area contributed by atoms with Gasteiger partial charge in [0, 0.05) is 25.0 Å². The van der Waals surface area contributed by atoms with Crippen molar-refractivity contribution in [1.82, 2.24) is 19.5 Å². The van der Waals surface area contributed by atoms with Gasteiger partial charge < -0.3 is 15.0 Å². The lowest BCUT2D eigenvalue weighted by atomic mass is 10.2. The lowest BCUT2D eigenvalue weighted by molar-refractivity contribution is 0.280. The first-order valence-corrected chi connectivity index (χ1v) is 7.30. The zero-order valence-electron chi connectivity index (χ0n) is 12.7. The van der Waals surface area contributed by atoms with E-state index in [0.29, 0.717) is 6.42 Å². The average Bonchev–Trinajstić information content (AvgIpc) is 2.79. The van der Waals surface area contributed by atoms with Gasteiger partial charge in [0.05, 0.1) is 17.3 Å². The molecule has 0 aliphatic carbocycles. The van der Waals surface area contributed by atoms with Crippen LogP contribution >= 0.6 is 0 Å². The Morgan fingerprint density at radius 3 is 2.86 bits per heavy atom. The third-order valence-corrected chi connectivity index (χ3v) is 3.87. The van der Waals surface area contributed by atoms with E-state index in [0.717, 1.165) is 40.3 Å². The Kier molecular flexibility index (Phi) is 4.02. The van der Waals surface area contributed by atoms with Crippen molar-refractivity contribution in [2.45, 2.75) is 26.8 Å². The van der Waals surface area contributed by atoms with Gasteiger partial charge in [-0.15, -0.1) is 0 Å². The predicted octanol–water partition coefficient (Wildman–Crippen LogP) is 2.57. The highest BCUT2D eigenvalue weighted by molar-refractivity contribution is 5.93. The first-order valence-electron chi connectivity index (χ1n) is 7.30. The highest BCUT2D eigenvalue weighted by Crippen LogP contribution is 2.30. The van der Waals surface area contributed by atoms with Gasteiger partial charge in [-0.05, 0) is 38.0 Å². The lowest BCUT2D eigenvalue weighted by Crippen LogP contribution is -2.03. The van der Waals surface area contributed by atoms with Gasteiger partial charge in [0.25, 0.3) is 0 Å². The lowest BCUT2D eigenvalue weighted by Gasteiger charge is -2.08. The van der Waals surface area contributed by atoms with Gasteiger partial charge in [-0.25, -0.2) is 9.97 Å². The molecule has 6 nitrogen and oxygen atoms in total. The summed E-state index contributed by atoms with van der Waals surface area (Å²) >= 11 is 0. The van der Waals surface area contributed by atoms with E-state index in [1.807, 2.05) is 12.1 Å². The Labute approximate surface area is 128 Å². The van der Waals surface area contributed by atoms with Crippen LogP contribution in [0.25, 0.3) is 11.0 Å². The maximum Gasteiger partial charge on any atom is 0.145 e. The number of aliphatic hydroxyl groups is 1. The molecule has 22 heavy (non-hydrogen) atoms.